The molecule has 1 aliphatic heterocycles. The van der Waals surface area contributed by atoms with Crippen LogP contribution in [0.5, 0.6) is 23.3 Å². The number of halogens is 2. The number of benzene rings is 1. The second kappa shape index (κ2) is 4.44. The quantitative estimate of drug-likeness (QED) is 0.827. The van der Waals surface area contributed by atoms with E-state index >= 15 is 0 Å². The molecule has 0 radical (unpaired) electrons. The van der Waals surface area contributed by atoms with E-state index in [9.17, 15) is 23.8 Å². The topological polar surface area (TPSA) is 80.9 Å². The molecule has 1 aromatic carbocycles. The van der Waals surface area contributed by atoms with Gasteiger partial charge in [0.25, 0.3) is 0 Å². The van der Waals surface area contributed by atoms with Crippen LogP contribution in [-0.2, 0) is 4.79 Å². The molecular formula is C17H13F2NO5. The lowest BCUT2D eigenvalue weighted by atomic mass is 9.67. The average molecular weight is 349 g/mol. The van der Waals surface area contributed by atoms with E-state index in [1.54, 1.807) is 0 Å². The fraction of sp³-hybridized carbons (Fsp3) is 0.353. The first-order chi connectivity index (χ1) is 11.9. The summed E-state index contributed by atoms with van der Waals surface area (Å²) >= 11 is 0. The van der Waals surface area contributed by atoms with Gasteiger partial charge in [-0.2, -0.15) is 0 Å². The third-order valence-corrected chi connectivity index (χ3v) is 5.24. The molecule has 0 unspecified atom stereocenters. The normalized spacial score (nSPS) is 25.3. The van der Waals surface area contributed by atoms with E-state index in [0.717, 1.165) is 11.0 Å². The molecule has 0 saturated heterocycles. The van der Waals surface area contributed by atoms with Gasteiger partial charge in [-0.1, -0.05) is 0 Å². The summed E-state index contributed by atoms with van der Waals surface area (Å²) in [6.07, 6.45) is -1.98. The number of ketones is 1. The Labute approximate surface area is 140 Å². The predicted octanol–water partition coefficient (Wildman–Crippen LogP) is 3.14. The van der Waals surface area contributed by atoms with Crippen LogP contribution in [0.4, 0.5) is 8.78 Å². The summed E-state index contributed by atoms with van der Waals surface area (Å²) in [5.74, 6) is -1.21. The molecule has 4 aliphatic rings. The number of hydrogen-bond acceptors (Lipinski definition) is 5. The number of hydrogen-bond donors (Lipinski definition) is 2. The van der Waals surface area contributed by atoms with Crippen molar-refractivity contribution in [2.24, 2.45) is 0 Å². The van der Waals surface area contributed by atoms with Gasteiger partial charge >= 0.3 is 6.29 Å². The smallest absolute Gasteiger partial charge is 0.494 e. The molecule has 2 N–H and O–H groups in total. The standard InChI is InChI=1S/C17H13F2NO5/c18-17(19)24-11-4-2-8(6-12(11)25-17)20-15(22)13-7-1-3-9(10(21)5-7)14(13)16(20)23/h2,4,6-7,9,22-23H,1,3,5H2/t7-,9+/m0/s1. The maximum Gasteiger partial charge on any atom is 0.586 e. The van der Waals surface area contributed by atoms with Gasteiger partial charge in [-0.15, -0.1) is 8.78 Å². The SMILES string of the molecule is O=C1C[C@@H]2CC[C@H]1c1c2c(O)n(-c2ccc3c(c2)OC(F)(F)O3)c1O. The molecule has 2 bridgehead atoms. The molecule has 6 rings (SSSR count). The average Bonchev–Trinajstić information content (AvgIpc) is 3.01. The van der Waals surface area contributed by atoms with Crippen molar-refractivity contribution in [3.05, 3.63) is 29.3 Å². The number of fused-ring (bicyclic) bond motifs is 3. The van der Waals surface area contributed by atoms with Crippen LogP contribution in [0.3, 0.4) is 0 Å². The van der Waals surface area contributed by atoms with Crippen LogP contribution < -0.4 is 9.47 Å². The Morgan fingerprint density at radius 2 is 1.80 bits per heavy atom. The van der Waals surface area contributed by atoms with Crippen LogP contribution in [0.1, 0.15) is 42.2 Å². The van der Waals surface area contributed by atoms with E-state index in [0.29, 0.717) is 24.0 Å². The van der Waals surface area contributed by atoms with Gasteiger partial charge < -0.3 is 19.7 Å². The van der Waals surface area contributed by atoms with Crippen molar-refractivity contribution >= 4 is 5.78 Å². The summed E-state index contributed by atoms with van der Waals surface area (Å²) in [6, 6.07) is 3.96. The molecule has 8 heteroatoms. The van der Waals surface area contributed by atoms with Gasteiger partial charge in [0, 0.05) is 29.5 Å². The predicted molar refractivity (Wildman–Crippen MR) is 79.6 cm³/mol. The number of ether oxygens (including phenoxy) is 2. The zero-order valence-corrected chi connectivity index (χ0v) is 12.8. The van der Waals surface area contributed by atoms with Crippen molar-refractivity contribution in [1.82, 2.24) is 4.57 Å². The number of carbonyl (C=O) groups excluding carboxylic acids is 1. The van der Waals surface area contributed by atoms with Crippen molar-refractivity contribution in [3.8, 4) is 28.9 Å². The minimum Gasteiger partial charge on any atom is -0.494 e. The number of Topliss-reactive ketones (excluding diaryl/α,β-unsaturated/α-hetero) is 1. The molecular weight excluding hydrogens is 336 g/mol. The third-order valence-electron chi connectivity index (χ3n) is 5.24. The second-order valence-corrected chi connectivity index (χ2v) is 6.61. The van der Waals surface area contributed by atoms with E-state index in [1.165, 1.54) is 18.2 Å². The minimum absolute atomic E-state index is 0.0570. The Morgan fingerprint density at radius 1 is 1.08 bits per heavy atom. The Kier molecular flexibility index (Phi) is 2.59. The lowest BCUT2D eigenvalue weighted by Crippen LogP contribution is -2.28. The van der Waals surface area contributed by atoms with E-state index in [4.69, 9.17) is 0 Å². The number of carbonyl (C=O) groups is 1. The summed E-state index contributed by atoms with van der Waals surface area (Å²) in [7, 11) is 0. The highest BCUT2D eigenvalue weighted by molar-refractivity contribution is 5.91. The Balaban J connectivity index is 1.67. The van der Waals surface area contributed by atoms with Gasteiger partial charge in [0.05, 0.1) is 5.69 Å². The highest BCUT2D eigenvalue weighted by Crippen LogP contribution is 2.56. The minimum atomic E-state index is -3.74. The monoisotopic (exact) mass is 349 g/mol. The molecule has 6 nitrogen and oxygen atoms in total. The highest BCUT2D eigenvalue weighted by Gasteiger charge is 2.46. The Morgan fingerprint density at radius 3 is 2.56 bits per heavy atom. The van der Waals surface area contributed by atoms with Crippen molar-refractivity contribution < 1.29 is 33.3 Å². The molecule has 1 fully saturated rings. The van der Waals surface area contributed by atoms with Gasteiger partial charge in [-0.05, 0) is 30.9 Å². The highest BCUT2D eigenvalue weighted by atomic mass is 19.3. The molecule has 0 amide bonds. The van der Waals surface area contributed by atoms with Gasteiger partial charge in [0.2, 0.25) is 11.8 Å². The van der Waals surface area contributed by atoms with Gasteiger partial charge in [-0.25, -0.2) is 0 Å². The van der Waals surface area contributed by atoms with E-state index in [1.807, 2.05) is 0 Å². The number of nitrogens with zero attached hydrogens (tertiary/aromatic N) is 1. The summed E-state index contributed by atoms with van der Waals surface area (Å²) in [6.45, 7) is 0. The van der Waals surface area contributed by atoms with Crippen molar-refractivity contribution in [3.63, 3.8) is 0 Å². The first-order valence-corrected chi connectivity index (χ1v) is 7.95. The molecule has 3 aliphatic carbocycles. The first kappa shape index (κ1) is 14.6. The van der Waals surface area contributed by atoms with Gasteiger partial charge in [0.1, 0.15) is 5.78 Å². The zero-order chi connectivity index (χ0) is 17.5. The molecule has 130 valence electrons. The van der Waals surface area contributed by atoms with Gasteiger partial charge in [0.15, 0.2) is 11.5 Å². The van der Waals surface area contributed by atoms with Crippen molar-refractivity contribution in [2.45, 2.75) is 37.4 Å². The Bertz CT molecular complexity index is 936. The largest absolute Gasteiger partial charge is 0.586 e. The van der Waals surface area contributed by atoms with Gasteiger partial charge in [-0.3, -0.25) is 9.36 Å². The maximum atomic E-state index is 13.2. The number of aromatic nitrogens is 1. The van der Waals surface area contributed by atoms with Crippen molar-refractivity contribution in [2.75, 3.05) is 0 Å². The molecule has 1 aromatic heterocycles. The fourth-order valence-electron chi connectivity index (χ4n) is 4.22. The fourth-order valence-corrected chi connectivity index (χ4v) is 4.22. The summed E-state index contributed by atoms with van der Waals surface area (Å²) in [4.78, 5) is 12.1. The van der Waals surface area contributed by atoms with Crippen molar-refractivity contribution in [1.29, 1.82) is 0 Å². The third kappa shape index (κ3) is 1.85. The summed E-state index contributed by atoms with van der Waals surface area (Å²) < 4.78 is 36.3. The van der Waals surface area contributed by atoms with E-state index < -0.39 is 12.2 Å². The zero-order valence-electron chi connectivity index (χ0n) is 12.8. The van der Waals surface area contributed by atoms with Crippen LogP contribution in [-0.4, -0.2) is 26.9 Å². The molecule has 0 spiro atoms. The van der Waals surface area contributed by atoms with Crippen LogP contribution >= 0.6 is 0 Å². The lowest BCUT2D eigenvalue weighted by Gasteiger charge is -2.34. The van der Waals surface area contributed by atoms with Crippen LogP contribution in [0, 0.1) is 0 Å². The maximum absolute atomic E-state index is 13.2. The van der Waals surface area contributed by atoms with Crippen LogP contribution in [0.25, 0.3) is 5.69 Å². The van der Waals surface area contributed by atoms with E-state index in [-0.39, 0.29) is 40.6 Å². The second-order valence-electron chi connectivity index (χ2n) is 6.61. The summed E-state index contributed by atoms with van der Waals surface area (Å²) in [5, 5.41) is 21.3. The summed E-state index contributed by atoms with van der Waals surface area (Å²) in [5.41, 5.74) is 1.28. The van der Waals surface area contributed by atoms with E-state index in [2.05, 4.69) is 9.47 Å². The molecule has 2 atom stereocenters. The number of rotatable bonds is 1. The number of alkyl halides is 2. The van der Waals surface area contributed by atoms with Crippen LogP contribution in [0.2, 0.25) is 0 Å². The molecule has 1 saturated carbocycles. The first-order valence-electron chi connectivity index (χ1n) is 7.95. The Hall–Kier alpha value is -2.77. The lowest BCUT2D eigenvalue weighted by molar-refractivity contribution is -0.286. The number of aromatic hydroxyl groups is 2. The molecule has 25 heavy (non-hydrogen) atoms. The molecule has 2 aromatic rings. The molecule has 2 heterocycles. The van der Waals surface area contributed by atoms with Crippen LogP contribution in [0.15, 0.2) is 18.2 Å².